The van der Waals surface area contributed by atoms with E-state index in [1.54, 1.807) is 13.8 Å². The summed E-state index contributed by atoms with van der Waals surface area (Å²) in [6.07, 6.45) is -0.344. The molecule has 5 atom stereocenters. The third-order valence-electron chi connectivity index (χ3n) is 4.97. The number of hydrogen-bond donors (Lipinski definition) is 8. The minimum atomic E-state index is -1.59. The molecule has 196 valence electrons. The second kappa shape index (κ2) is 16.0. The van der Waals surface area contributed by atoms with E-state index in [1.165, 1.54) is 6.92 Å². The lowest BCUT2D eigenvalue weighted by molar-refractivity contribution is -0.145. The Morgan fingerprint density at radius 2 is 1.38 bits per heavy atom. The number of carboxylic acids is 2. The van der Waals surface area contributed by atoms with Gasteiger partial charge in [0.15, 0.2) is 6.04 Å². The number of hydrogen-bond acceptors (Lipinski definition) is 8. The molecule has 0 saturated heterocycles. The molecule has 0 bridgehead atoms. The zero-order chi connectivity index (χ0) is 26.4. The molecule has 5 unspecified atom stereocenters. The summed E-state index contributed by atoms with van der Waals surface area (Å²) in [5.74, 6) is -5.02. The molecule has 0 aromatic rings. The lowest BCUT2D eigenvalue weighted by Crippen LogP contribution is -2.58. The van der Waals surface area contributed by atoms with Gasteiger partial charge in [-0.05, 0) is 45.1 Å². The summed E-state index contributed by atoms with van der Waals surface area (Å²) < 4.78 is 0. The van der Waals surface area contributed by atoms with Crippen LogP contribution in [0.25, 0.3) is 0 Å². The largest absolute Gasteiger partial charge is 0.481 e. The number of rotatable bonds is 17. The molecule has 10 N–H and O–H groups in total. The maximum Gasteiger partial charge on any atom is 0.328 e. The van der Waals surface area contributed by atoms with Gasteiger partial charge in [-0.2, -0.15) is 0 Å². The lowest BCUT2D eigenvalue weighted by atomic mass is 10.0. The quantitative estimate of drug-likeness (QED) is 0.107. The molecule has 0 aliphatic rings. The fourth-order valence-electron chi connectivity index (χ4n) is 3.07. The van der Waals surface area contributed by atoms with Gasteiger partial charge < -0.3 is 42.7 Å². The van der Waals surface area contributed by atoms with Gasteiger partial charge in [-0.15, -0.1) is 0 Å². The van der Waals surface area contributed by atoms with Gasteiger partial charge in [-0.3, -0.25) is 19.2 Å². The number of carbonyl (C=O) groups excluding carboxylic acids is 3. The van der Waals surface area contributed by atoms with Crippen molar-refractivity contribution < 1.29 is 39.3 Å². The van der Waals surface area contributed by atoms with Crippen LogP contribution in [0.15, 0.2) is 0 Å². The van der Waals surface area contributed by atoms with E-state index in [0.717, 1.165) is 0 Å². The highest BCUT2D eigenvalue weighted by molar-refractivity contribution is 5.94. The molecule has 0 radical (unpaired) electrons. The third kappa shape index (κ3) is 12.5. The van der Waals surface area contributed by atoms with Crippen molar-refractivity contribution in [1.29, 1.82) is 0 Å². The average molecular weight is 490 g/mol. The number of aliphatic hydroxyl groups is 1. The van der Waals surface area contributed by atoms with Crippen LogP contribution < -0.4 is 27.4 Å². The minimum Gasteiger partial charge on any atom is -0.481 e. The van der Waals surface area contributed by atoms with Gasteiger partial charge >= 0.3 is 11.9 Å². The molecule has 0 fully saturated rings. The van der Waals surface area contributed by atoms with Crippen molar-refractivity contribution in [3.05, 3.63) is 0 Å². The molecular formula is C21H39N5O8. The number of carboxylic acid groups (broad SMARTS) is 2. The Hall–Kier alpha value is -2.77. The first-order chi connectivity index (χ1) is 15.8. The third-order valence-corrected chi connectivity index (χ3v) is 4.97. The molecule has 34 heavy (non-hydrogen) atoms. The minimum absolute atomic E-state index is 0.0890. The Morgan fingerprint density at radius 1 is 0.824 bits per heavy atom. The van der Waals surface area contributed by atoms with Gasteiger partial charge in [-0.25, -0.2) is 4.79 Å². The number of amides is 3. The zero-order valence-corrected chi connectivity index (χ0v) is 20.0. The van der Waals surface area contributed by atoms with Crippen molar-refractivity contribution in [3.8, 4) is 0 Å². The SMILES string of the molecule is CC(C)CC(NC(=O)C(CCC(=O)O)NC(=O)C(N)CCCCN)C(=O)NC(C(=O)O)C(C)O. The van der Waals surface area contributed by atoms with Crippen LogP contribution in [0.1, 0.15) is 59.3 Å². The molecule has 0 spiro atoms. The molecule has 0 saturated carbocycles. The van der Waals surface area contributed by atoms with Gasteiger partial charge in [0, 0.05) is 6.42 Å². The van der Waals surface area contributed by atoms with E-state index in [4.69, 9.17) is 16.6 Å². The Labute approximate surface area is 199 Å². The number of aliphatic hydroxyl groups excluding tert-OH is 1. The highest BCUT2D eigenvalue weighted by Gasteiger charge is 2.32. The first-order valence-electron chi connectivity index (χ1n) is 11.3. The smallest absolute Gasteiger partial charge is 0.328 e. The summed E-state index contributed by atoms with van der Waals surface area (Å²) in [6, 6.07) is -4.98. The fraction of sp³-hybridized carbons (Fsp3) is 0.762. The standard InChI is InChI=1S/C21H39N5O8/c1-11(2)10-15(20(32)26-17(12(3)27)21(33)34)25-19(31)14(7-8-16(28)29)24-18(30)13(23)6-4-5-9-22/h11-15,17,27H,4-10,22-23H2,1-3H3,(H,24,30)(H,25,31)(H,26,32)(H,28,29)(H,33,34). The van der Waals surface area contributed by atoms with E-state index in [-0.39, 0.29) is 18.8 Å². The van der Waals surface area contributed by atoms with Crippen LogP contribution in [0.3, 0.4) is 0 Å². The lowest BCUT2D eigenvalue weighted by Gasteiger charge is -2.26. The van der Waals surface area contributed by atoms with Crippen molar-refractivity contribution in [2.45, 2.75) is 89.6 Å². The van der Waals surface area contributed by atoms with Crippen molar-refractivity contribution in [3.63, 3.8) is 0 Å². The second-order valence-corrected chi connectivity index (χ2v) is 8.64. The molecule has 0 aliphatic heterocycles. The summed E-state index contributed by atoms with van der Waals surface area (Å²) in [5, 5.41) is 34.9. The van der Waals surface area contributed by atoms with Crippen LogP contribution in [0.5, 0.6) is 0 Å². The molecule has 13 nitrogen and oxygen atoms in total. The van der Waals surface area contributed by atoms with E-state index >= 15 is 0 Å². The molecule has 0 rings (SSSR count). The van der Waals surface area contributed by atoms with Gasteiger partial charge in [0.05, 0.1) is 12.1 Å². The Kier molecular flexibility index (Phi) is 14.7. The predicted molar refractivity (Wildman–Crippen MR) is 122 cm³/mol. The van der Waals surface area contributed by atoms with E-state index in [2.05, 4.69) is 16.0 Å². The summed E-state index contributed by atoms with van der Waals surface area (Å²) >= 11 is 0. The molecule has 0 heterocycles. The number of unbranched alkanes of at least 4 members (excludes halogenated alkanes) is 1. The molecule has 13 heteroatoms. The van der Waals surface area contributed by atoms with E-state index < -0.39 is 66.4 Å². The van der Waals surface area contributed by atoms with Crippen LogP contribution in [0.4, 0.5) is 0 Å². The van der Waals surface area contributed by atoms with Crippen molar-refractivity contribution in [2.24, 2.45) is 17.4 Å². The molecule has 0 aliphatic carbocycles. The zero-order valence-electron chi connectivity index (χ0n) is 20.0. The number of nitrogens with one attached hydrogen (secondary N) is 3. The second-order valence-electron chi connectivity index (χ2n) is 8.64. The van der Waals surface area contributed by atoms with Crippen molar-refractivity contribution in [2.75, 3.05) is 6.54 Å². The van der Waals surface area contributed by atoms with Crippen molar-refractivity contribution in [1.82, 2.24) is 16.0 Å². The average Bonchev–Trinajstić information content (AvgIpc) is 2.72. The predicted octanol–water partition coefficient (Wildman–Crippen LogP) is -1.73. The topological polar surface area (TPSA) is 234 Å². The monoisotopic (exact) mass is 489 g/mol. The molecule has 0 aromatic carbocycles. The van der Waals surface area contributed by atoms with Crippen LogP contribution in [-0.2, 0) is 24.0 Å². The van der Waals surface area contributed by atoms with E-state index in [0.29, 0.717) is 25.8 Å². The Bertz CT molecular complexity index is 701. The summed E-state index contributed by atoms with van der Waals surface area (Å²) in [7, 11) is 0. The van der Waals surface area contributed by atoms with Gasteiger partial charge in [0.2, 0.25) is 17.7 Å². The van der Waals surface area contributed by atoms with Crippen LogP contribution in [-0.4, -0.2) is 81.8 Å². The summed E-state index contributed by atoms with van der Waals surface area (Å²) in [4.78, 5) is 60.3. The molecular weight excluding hydrogens is 450 g/mol. The van der Waals surface area contributed by atoms with Crippen LogP contribution in [0.2, 0.25) is 0 Å². The maximum absolute atomic E-state index is 12.9. The normalized spacial score (nSPS) is 15.5. The van der Waals surface area contributed by atoms with E-state index in [1.807, 2.05) is 0 Å². The van der Waals surface area contributed by atoms with Gasteiger partial charge in [0.1, 0.15) is 12.1 Å². The number of nitrogens with two attached hydrogens (primary N) is 2. The maximum atomic E-state index is 12.9. The van der Waals surface area contributed by atoms with Gasteiger partial charge in [-0.1, -0.05) is 20.3 Å². The van der Waals surface area contributed by atoms with E-state index in [9.17, 15) is 34.2 Å². The summed E-state index contributed by atoms with van der Waals surface area (Å²) in [5.41, 5.74) is 11.3. The summed E-state index contributed by atoms with van der Waals surface area (Å²) in [6.45, 7) is 5.19. The fourth-order valence-corrected chi connectivity index (χ4v) is 3.07. The molecule has 3 amide bonds. The highest BCUT2D eigenvalue weighted by atomic mass is 16.4. The van der Waals surface area contributed by atoms with Crippen molar-refractivity contribution >= 4 is 29.7 Å². The Balaban J connectivity index is 5.48. The first-order valence-corrected chi connectivity index (χ1v) is 11.3. The number of carbonyl (C=O) groups is 5. The van der Waals surface area contributed by atoms with Crippen LogP contribution >= 0.6 is 0 Å². The highest BCUT2D eigenvalue weighted by Crippen LogP contribution is 2.09. The Morgan fingerprint density at radius 3 is 1.85 bits per heavy atom. The van der Waals surface area contributed by atoms with Crippen LogP contribution in [0, 0.1) is 5.92 Å². The first kappa shape index (κ1) is 31.2. The molecule has 0 aromatic heterocycles. The number of aliphatic carboxylic acids is 2. The van der Waals surface area contributed by atoms with Gasteiger partial charge in [0.25, 0.3) is 0 Å².